The lowest BCUT2D eigenvalue weighted by molar-refractivity contribution is -0.385. The smallest absolute Gasteiger partial charge is 0.306 e. The van der Waals surface area contributed by atoms with Gasteiger partial charge in [-0.15, -0.1) is 0 Å². The third kappa shape index (κ3) is 3.27. The van der Waals surface area contributed by atoms with Crippen molar-refractivity contribution >= 4 is 11.7 Å². The largest absolute Gasteiger partial charge is 0.481 e. The molecule has 0 aromatic heterocycles. The Bertz CT molecular complexity index is 442. The van der Waals surface area contributed by atoms with E-state index in [1.807, 2.05) is 0 Å². The summed E-state index contributed by atoms with van der Waals surface area (Å²) in [5.41, 5.74) is 1.55. The van der Waals surface area contributed by atoms with Crippen LogP contribution in [0.1, 0.15) is 24.5 Å². The van der Waals surface area contributed by atoms with Gasteiger partial charge in [-0.2, -0.15) is 0 Å². The standard InChI is InChI=1S/C12H15NO4/c1-8(12(14)15)6-7-10-4-3-5-11(9(10)2)13(16)17/h3-5,8H,6-7H2,1-2H3,(H,14,15). The molecule has 0 spiro atoms. The summed E-state index contributed by atoms with van der Waals surface area (Å²) in [7, 11) is 0. The summed E-state index contributed by atoms with van der Waals surface area (Å²) in [4.78, 5) is 21.0. The number of aliphatic carboxylic acids is 1. The van der Waals surface area contributed by atoms with Crippen LogP contribution in [0.25, 0.3) is 0 Å². The van der Waals surface area contributed by atoms with E-state index in [0.717, 1.165) is 5.56 Å². The molecule has 0 aliphatic carbocycles. The third-order valence-electron chi connectivity index (χ3n) is 2.88. The Balaban J connectivity index is 2.82. The second-order valence-corrected chi connectivity index (χ2v) is 4.10. The van der Waals surface area contributed by atoms with Crippen molar-refractivity contribution in [1.82, 2.24) is 0 Å². The Labute approximate surface area is 99.2 Å². The van der Waals surface area contributed by atoms with Crippen molar-refractivity contribution in [1.29, 1.82) is 0 Å². The van der Waals surface area contributed by atoms with E-state index in [9.17, 15) is 14.9 Å². The first-order valence-corrected chi connectivity index (χ1v) is 5.39. The van der Waals surface area contributed by atoms with Crippen LogP contribution in [0.4, 0.5) is 5.69 Å². The molecule has 17 heavy (non-hydrogen) atoms. The summed E-state index contributed by atoms with van der Waals surface area (Å²) in [6.45, 7) is 3.33. The van der Waals surface area contributed by atoms with Gasteiger partial charge in [0, 0.05) is 11.6 Å². The van der Waals surface area contributed by atoms with E-state index < -0.39 is 16.8 Å². The molecule has 0 saturated heterocycles. The van der Waals surface area contributed by atoms with Gasteiger partial charge < -0.3 is 5.11 Å². The fourth-order valence-electron chi connectivity index (χ4n) is 1.63. The molecule has 0 heterocycles. The molecule has 0 amide bonds. The van der Waals surface area contributed by atoms with Crippen LogP contribution in [-0.4, -0.2) is 16.0 Å². The number of hydrogen-bond acceptors (Lipinski definition) is 3. The molecule has 0 radical (unpaired) electrons. The number of carboxylic acids is 1. The summed E-state index contributed by atoms with van der Waals surface area (Å²) in [6.07, 6.45) is 1.03. The highest BCUT2D eigenvalue weighted by Gasteiger charge is 2.15. The van der Waals surface area contributed by atoms with Crippen LogP contribution in [0.5, 0.6) is 0 Å². The van der Waals surface area contributed by atoms with Gasteiger partial charge in [-0.05, 0) is 25.3 Å². The lowest BCUT2D eigenvalue weighted by Gasteiger charge is -2.08. The van der Waals surface area contributed by atoms with Crippen LogP contribution in [0.2, 0.25) is 0 Å². The van der Waals surface area contributed by atoms with Crippen LogP contribution in [0, 0.1) is 23.0 Å². The molecule has 0 aliphatic heterocycles. The zero-order chi connectivity index (χ0) is 13.0. The molecule has 0 fully saturated rings. The van der Waals surface area contributed by atoms with Gasteiger partial charge in [0.15, 0.2) is 0 Å². The highest BCUT2D eigenvalue weighted by Crippen LogP contribution is 2.23. The van der Waals surface area contributed by atoms with Gasteiger partial charge in [0.05, 0.1) is 10.8 Å². The lowest BCUT2D eigenvalue weighted by atomic mass is 9.97. The molecule has 0 saturated carbocycles. The van der Waals surface area contributed by atoms with Crippen LogP contribution < -0.4 is 0 Å². The van der Waals surface area contributed by atoms with E-state index >= 15 is 0 Å². The number of nitro groups is 1. The van der Waals surface area contributed by atoms with Crippen LogP contribution >= 0.6 is 0 Å². The van der Waals surface area contributed by atoms with E-state index in [4.69, 9.17) is 5.11 Å². The molecular weight excluding hydrogens is 222 g/mol. The number of nitro benzene ring substituents is 1. The maximum absolute atomic E-state index is 10.7. The SMILES string of the molecule is Cc1c(CCC(C)C(=O)O)cccc1[N+](=O)[O-]. The third-order valence-corrected chi connectivity index (χ3v) is 2.88. The van der Waals surface area contributed by atoms with Crippen molar-refractivity contribution in [2.75, 3.05) is 0 Å². The van der Waals surface area contributed by atoms with E-state index in [2.05, 4.69) is 0 Å². The minimum absolute atomic E-state index is 0.0884. The maximum Gasteiger partial charge on any atom is 0.306 e. The monoisotopic (exact) mass is 237 g/mol. The van der Waals surface area contributed by atoms with E-state index in [1.165, 1.54) is 6.07 Å². The van der Waals surface area contributed by atoms with Gasteiger partial charge in [0.25, 0.3) is 5.69 Å². The summed E-state index contributed by atoms with van der Waals surface area (Å²) < 4.78 is 0. The summed E-state index contributed by atoms with van der Waals surface area (Å²) in [5, 5.41) is 19.5. The van der Waals surface area contributed by atoms with E-state index in [1.54, 1.807) is 26.0 Å². The molecule has 1 unspecified atom stereocenters. The fourth-order valence-corrected chi connectivity index (χ4v) is 1.63. The average molecular weight is 237 g/mol. The minimum atomic E-state index is -0.840. The summed E-state index contributed by atoms with van der Waals surface area (Å²) in [5.74, 6) is -1.28. The van der Waals surface area contributed by atoms with Gasteiger partial charge in [-0.1, -0.05) is 19.1 Å². The molecule has 1 N–H and O–H groups in total. The first-order valence-electron chi connectivity index (χ1n) is 5.39. The predicted octanol–water partition coefficient (Wildman–Crippen LogP) is 2.56. The summed E-state index contributed by atoms with van der Waals surface area (Å²) in [6, 6.07) is 4.89. The molecule has 5 heteroatoms. The highest BCUT2D eigenvalue weighted by atomic mass is 16.6. The maximum atomic E-state index is 10.7. The topological polar surface area (TPSA) is 80.4 Å². The van der Waals surface area contributed by atoms with Crippen molar-refractivity contribution < 1.29 is 14.8 Å². The van der Waals surface area contributed by atoms with Crippen molar-refractivity contribution in [3.8, 4) is 0 Å². The van der Waals surface area contributed by atoms with Gasteiger partial charge in [0.2, 0.25) is 0 Å². The van der Waals surface area contributed by atoms with Gasteiger partial charge in [0.1, 0.15) is 0 Å². The molecule has 1 aromatic rings. The van der Waals surface area contributed by atoms with E-state index in [-0.39, 0.29) is 5.69 Å². The number of rotatable bonds is 5. The van der Waals surface area contributed by atoms with Gasteiger partial charge in [-0.3, -0.25) is 14.9 Å². The molecule has 92 valence electrons. The molecular formula is C12H15NO4. The number of carbonyl (C=O) groups is 1. The van der Waals surface area contributed by atoms with Crippen LogP contribution in [-0.2, 0) is 11.2 Å². The van der Waals surface area contributed by atoms with Crippen LogP contribution in [0.3, 0.4) is 0 Å². The van der Waals surface area contributed by atoms with Gasteiger partial charge in [-0.25, -0.2) is 0 Å². The number of hydrogen-bond donors (Lipinski definition) is 1. The van der Waals surface area contributed by atoms with Crippen molar-refractivity contribution in [2.45, 2.75) is 26.7 Å². The van der Waals surface area contributed by atoms with Crippen LogP contribution in [0.15, 0.2) is 18.2 Å². The number of nitrogens with zero attached hydrogens (tertiary/aromatic N) is 1. The second-order valence-electron chi connectivity index (χ2n) is 4.10. The number of aryl methyl sites for hydroxylation is 1. The summed E-state index contributed by atoms with van der Waals surface area (Å²) >= 11 is 0. The fraction of sp³-hybridized carbons (Fsp3) is 0.417. The molecule has 0 aliphatic rings. The molecule has 1 atom stereocenters. The Kier molecular flexibility index (Phi) is 4.20. The Morgan fingerprint density at radius 2 is 2.18 bits per heavy atom. The Morgan fingerprint density at radius 3 is 2.71 bits per heavy atom. The number of carboxylic acid groups (broad SMARTS) is 1. The highest BCUT2D eigenvalue weighted by molar-refractivity contribution is 5.69. The second kappa shape index (κ2) is 5.43. The molecule has 0 bridgehead atoms. The zero-order valence-corrected chi connectivity index (χ0v) is 9.84. The zero-order valence-electron chi connectivity index (χ0n) is 9.84. The number of benzene rings is 1. The average Bonchev–Trinajstić information content (AvgIpc) is 2.26. The molecule has 5 nitrogen and oxygen atoms in total. The molecule has 1 rings (SSSR count). The normalized spacial score (nSPS) is 12.1. The predicted molar refractivity (Wildman–Crippen MR) is 63.0 cm³/mol. The van der Waals surface area contributed by atoms with Crippen molar-refractivity contribution in [3.05, 3.63) is 39.4 Å². The quantitative estimate of drug-likeness (QED) is 0.630. The van der Waals surface area contributed by atoms with E-state index in [0.29, 0.717) is 18.4 Å². The van der Waals surface area contributed by atoms with Crippen molar-refractivity contribution in [3.63, 3.8) is 0 Å². The minimum Gasteiger partial charge on any atom is -0.481 e. The first-order chi connectivity index (χ1) is 7.93. The Hall–Kier alpha value is -1.91. The molecule has 1 aromatic carbocycles. The lowest BCUT2D eigenvalue weighted by Crippen LogP contribution is -2.10. The van der Waals surface area contributed by atoms with Gasteiger partial charge >= 0.3 is 5.97 Å². The van der Waals surface area contributed by atoms with Crippen molar-refractivity contribution in [2.24, 2.45) is 5.92 Å². The first kappa shape index (κ1) is 13.2. The Morgan fingerprint density at radius 1 is 1.53 bits per heavy atom.